The summed E-state index contributed by atoms with van der Waals surface area (Å²) in [5.74, 6) is 0.505. The Bertz CT molecular complexity index is 1100. The lowest BCUT2D eigenvalue weighted by molar-refractivity contribution is -0.133. The number of methoxy groups -OCH3 is 2. The van der Waals surface area contributed by atoms with Crippen LogP contribution >= 0.6 is 11.9 Å². The molecule has 0 heterocycles. The van der Waals surface area contributed by atoms with Gasteiger partial charge in [0.2, 0.25) is 11.8 Å². The van der Waals surface area contributed by atoms with Gasteiger partial charge >= 0.3 is 0 Å². The highest BCUT2D eigenvalue weighted by Crippen LogP contribution is 2.47. The third-order valence-electron chi connectivity index (χ3n) is 5.93. The molecule has 0 spiro atoms. The van der Waals surface area contributed by atoms with E-state index in [9.17, 15) is 9.59 Å². The first kappa shape index (κ1) is 23.9. The van der Waals surface area contributed by atoms with Crippen molar-refractivity contribution < 1.29 is 19.1 Å². The van der Waals surface area contributed by atoms with Crippen LogP contribution in [-0.2, 0) is 16.1 Å². The number of hydrogen-bond acceptors (Lipinski definition) is 6. The maximum absolute atomic E-state index is 13.0. The fourth-order valence-electron chi connectivity index (χ4n) is 3.71. The molecule has 34 heavy (non-hydrogen) atoms. The van der Waals surface area contributed by atoms with Crippen LogP contribution < -0.4 is 24.8 Å². The molecule has 0 radical (unpaired) electrons. The largest absolute Gasteiger partial charge is 0.493 e. The second-order valence-corrected chi connectivity index (χ2v) is 9.41. The van der Waals surface area contributed by atoms with Crippen molar-refractivity contribution in [3.05, 3.63) is 78.0 Å². The van der Waals surface area contributed by atoms with Crippen LogP contribution in [0.4, 0.5) is 5.69 Å². The van der Waals surface area contributed by atoms with Crippen LogP contribution in [0.5, 0.6) is 11.5 Å². The van der Waals surface area contributed by atoms with E-state index in [1.54, 1.807) is 37.3 Å². The van der Waals surface area contributed by atoms with Crippen LogP contribution in [0.1, 0.15) is 24.8 Å². The lowest BCUT2D eigenvalue weighted by atomic mass is 10.0. The van der Waals surface area contributed by atoms with Crippen LogP contribution in [0.3, 0.4) is 0 Å². The van der Waals surface area contributed by atoms with Gasteiger partial charge in [0.25, 0.3) is 0 Å². The van der Waals surface area contributed by atoms with Crippen LogP contribution in [0.2, 0.25) is 0 Å². The summed E-state index contributed by atoms with van der Waals surface area (Å²) in [6.45, 7) is 0.793. The number of ether oxygens (including phenoxy) is 2. The smallest absolute Gasteiger partial charge is 0.240 e. The maximum Gasteiger partial charge on any atom is 0.240 e. The number of allylic oxidation sites excluding steroid dienone is 2. The van der Waals surface area contributed by atoms with Crippen molar-refractivity contribution in [2.75, 3.05) is 19.5 Å². The van der Waals surface area contributed by atoms with Gasteiger partial charge in [0.15, 0.2) is 11.5 Å². The highest BCUT2D eigenvalue weighted by Gasteiger charge is 2.56. The Morgan fingerprint density at radius 1 is 1.00 bits per heavy atom. The van der Waals surface area contributed by atoms with E-state index >= 15 is 0 Å². The molecule has 8 heteroatoms. The van der Waals surface area contributed by atoms with Crippen molar-refractivity contribution in [1.82, 2.24) is 10.0 Å². The van der Waals surface area contributed by atoms with Gasteiger partial charge in [-0.05, 0) is 43.0 Å². The first-order valence-electron chi connectivity index (χ1n) is 11.2. The zero-order valence-electron chi connectivity index (χ0n) is 19.3. The molecule has 0 bridgehead atoms. The Morgan fingerprint density at radius 3 is 2.38 bits per heavy atom. The lowest BCUT2D eigenvalue weighted by Crippen LogP contribution is -2.39. The first-order chi connectivity index (χ1) is 16.5. The number of nitrogens with one attached hydrogen (secondary N) is 3. The number of anilines is 1. The third kappa shape index (κ3) is 5.63. The Hall–Kier alpha value is -3.23. The molecule has 1 unspecified atom stereocenters. The lowest BCUT2D eigenvalue weighted by Gasteiger charge is -2.19. The highest BCUT2D eigenvalue weighted by atomic mass is 32.2. The van der Waals surface area contributed by atoms with Crippen molar-refractivity contribution in [1.29, 1.82) is 0 Å². The first-order valence-corrected chi connectivity index (χ1v) is 12.1. The van der Waals surface area contributed by atoms with E-state index in [-0.39, 0.29) is 17.1 Å². The summed E-state index contributed by atoms with van der Waals surface area (Å²) >= 11 is 1.67. The van der Waals surface area contributed by atoms with E-state index in [0.29, 0.717) is 30.0 Å². The van der Waals surface area contributed by atoms with Gasteiger partial charge in [-0.2, -0.15) is 0 Å². The monoisotopic (exact) mass is 479 g/mol. The topological polar surface area (TPSA) is 88.7 Å². The molecule has 2 aliphatic carbocycles. The van der Waals surface area contributed by atoms with Gasteiger partial charge in [0.1, 0.15) is 5.41 Å². The fourth-order valence-corrected chi connectivity index (χ4v) is 4.52. The zero-order chi connectivity index (χ0) is 24.0. The van der Waals surface area contributed by atoms with Crippen LogP contribution in [0.25, 0.3) is 0 Å². The third-order valence-corrected chi connectivity index (χ3v) is 6.90. The summed E-state index contributed by atoms with van der Waals surface area (Å²) in [7, 11) is 3.09. The quantitative estimate of drug-likeness (QED) is 0.350. The van der Waals surface area contributed by atoms with Crippen LogP contribution in [0.15, 0.2) is 72.5 Å². The molecule has 2 aromatic carbocycles. The molecular weight excluding hydrogens is 450 g/mol. The van der Waals surface area contributed by atoms with Crippen molar-refractivity contribution in [3.8, 4) is 11.5 Å². The molecule has 2 aromatic rings. The summed E-state index contributed by atoms with van der Waals surface area (Å²) in [6.07, 6.45) is 7.83. The molecule has 0 saturated heterocycles. The van der Waals surface area contributed by atoms with Gasteiger partial charge in [-0.15, -0.1) is 0 Å². The summed E-state index contributed by atoms with van der Waals surface area (Å²) in [6, 6.07) is 15.4. The minimum atomic E-state index is -1.04. The van der Waals surface area contributed by atoms with E-state index in [1.807, 2.05) is 30.4 Å². The standard InChI is InChI=1S/C26H29N3O4S/c1-32-22-13-10-20(16-23(22)33-2)29-25(31)26(14-15-26)24(30)28-19-8-11-21(12-9-19)34-27-17-18-6-4-3-5-7-18/h3-11,13,16,21,27H,12,14-15,17H2,1-2H3,(H,28,30)(H,29,31). The Balaban J connectivity index is 1.27. The number of carbonyl (C=O) groups excluding carboxylic acids is 2. The van der Waals surface area contributed by atoms with E-state index < -0.39 is 5.41 Å². The number of amides is 2. The van der Waals surface area contributed by atoms with Crippen molar-refractivity contribution in [2.45, 2.75) is 31.1 Å². The molecule has 3 N–H and O–H groups in total. The summed E-state index contributed by atoms with van der Waals surface area (Å²) in [5.41, 5.74) is 1.49. The second kappa shape index (κ2) is 10.8. The summed E-state index contributed by atoms with van der Waals surface area (Å²) < 4.78 is 13.9. The molecule has 4 rings (SSSR count). The second-order valence-electron chi connectivity index (χ2n) is 8.28. The molecule has 2 amide bonds. The zero-order valence-corrected chi connectivity index (χ0v) is 20.1. The van der Waals surface area contributed by atoms with Gasteiger partial charge < -0.3 is 20.1 Å². The predicted octanol–water partition coefficient (Wildman–Crippen LogP) is 4.19. The van der Waals surface area contributed by atoms with Crippen LogP contribution in [0, 0.1) is 5.41 Å². The Labute approximate surface area is 204 Å². The molecule has 1 atom stereocenters. The number of carbonyl (C=O) groups is 2. The molecule has 7 nitrogen and oxygen atoms in total. The van der Waals surface area contributed by atoms with E-state index in [2.05, 4.69) is 33.6 Å². The molecule has 178 valence electrons. The average molecular weight is 480 g/mol. The summed E-state index contributed by atoms with van der Waals surface area (Å²) in [4.78, 5) is 25.9. The molecule has 1 saturated carbocycles. The van der Waals surface area contributed by atoms with E-state index in [0.717, 1.165) is 18.7 Å². The predicted molar refractivity (Wildman–Crippen MR) is 134 cm³/mol. The fraction of sp³-hybridized carbons (Fsp3) is 0.308. The Kier molecular flexibility index (Phi) is 7.59. The normalized spacial score (nSPS) is 17.9. The Morgan fingerprint density at radius 2 is 1.74 bits per heavy atom. The SMILES string of the molecule is COc1ccc(NC(=O)C2(C(=O)NC3=CCC(SNCc4ccccc4)C=C3)CC2)cc1OC. The van der Waals surface area contributed by atoms with Gasteiger partial charge in [-0.3, -0.25) is 14.3 Å². The molecule has 1 fully saturated rings. The molecule has 0 aromatic heterocycles. The average Bonchev–Trinajstić information content (AvgIpc) is 3.68. The van der Waals surface area contributed by atoms with Crippen molar-refractivity contribution in [3.63, 3.8) is 0 Å². The minimum Gasteiger partial charge on any atom is -0.493 e. The molecule has 0 aliphatic heterocycles. The van der Waals surface area contributed by atoms with Gasteiger partial charge in [-0.1, -0.05) is 54.4 Å². The maximum atomic E-state index is 13.0. The minimum absolute atomic E-state index is 0.269. The number of rotatable bonds is 10. The summed E-state index contributed by atoms with van der Waals surface area (Å²) in [5, 5.41) is 6.06. The molecule has 2 aliphatic rings. The number of benzene rings is 2. The van der Waals surface area contributed by atoms with Crippen molar-refractivity contribution in [2.24, 2.45) is 5.41 Å². The number of hydrogen-bond donors (Lipinski definition) is 3. The van der Waals surface area contributed by atoms with Crippen LogP contribution in [-0.4, -0.2) is 31.3 Å². The van der Waals surface area contributed by atoms with Gasteiger partial charge in [0.05, 0.1) is 14.2 Å². The van der Waals surface area contributed by atoms with Gasteiger partial charge in [0, 0.05) is 29.2 Å². The highest BCUT2D eigenvalue weighted by molar-refractivity contribution is 7.98. The molecular formula is C26H29N3O4S. The van der Waals surface area contributed by atoms with E-state index in [4.69, 9.17) is 9.47 Å². The van der Waals surface area contributed by atoms with Gasteiger partial charge in [-0.25, -0.2) is 0 Å². The van der Waals surface area contributed by atoms with E-state index in [1.165, 1.54) is 12.7 Å². The van der Waals surface area contributed by atoms with Crippen molar-refractivity contribution >= 4 is 29.4 Å².